The maximum atomic E-state index is 12.6. The molecule has 0 saturated carbocycles. The van der Waals surface area contributed by atoms with Gasteiger partial charge in [-0.25, -0.2) is 4.98 Å². The van der Waals surface area contributed by atoms with Crippen LogP contribution in [0.15, 0.2) is 18.3 Å². The minimum Gasteiger partial charge on any atom is -0.363 e. The van der Waals surface area contributed by atoms with Crippen LogP contribution in [0.25, 0.3) is 0 Å². The van der Waals surface area contributed by atoms with Gasteiger partial charge in [0.15, 0.2) is 0 Å². The smallest absolute Gasteiger partial charge is 0.255 e. The summed E-state index contributed by atoms with van der Waals surface area (Å²) in [6.07, 6.45) is 3.85. The quantitative estimate of drug-likeness (QED) is 0.905. The Morgan fingerprint density at radius 2 is 2.25 bits per heavy atom. The molecule has 110 valence electrons. The van der Waals surface area contributed by atoms with Crippen LogP contribution in [0.1, 0.15) is 30.1 Å². The maximum absolute atomic E-state index is 12.6. The van der Waals surface area contributed by atoms with Crippen molar-refractivity contribution in [2.45, 2.75) is 25.8 Å². The number of nitrogens with two attached hydrogens (primary N) is 1. The first-order chi connectivity index (χ1) is 9.54. The number of aromatic nitrogens is 1. The van der Waals surface area contributed by atoms with Gasteiger partial charge >= 0.3 is 0 Å². The molecule has 5 heteroatoms. The van der Waals surface area contributed by atoms with E-state index in [2.05, 4.69) is 11.9 Å². The number of hydrogen-bond donors (Lipinski definition) is 1. The molecule has 0 aliphatic carbocycles. The molecule has 1 saturated heterocycles. The molecular formula is C15H24N4O. The van der Waals surface area contributed by atoms with E-state index >= 15 is 0 Å². The van der Waals surface area contributed by atoms with Gasteiger partial charge in [0.25, 0.3) is 5.91 Å². The molecule has 0 radical (unpaired) electrons. The van der Waals surface area contributed by atoms with Crippen LogP contribution < -0.4 is 10.6 Å². The standard InChI is InChI=1S/C15H24N4O/c1-11-5-4-8-19(13(11)9-16)15(20)12-6-7-14(17-10-12)18(2)3/h6-7,10-11,13H,4-5,8-9,16H2,1-3H3. The summed E-state index contributed by atoms with van der Waals surface area (Å²) in [6.45, 7) is 3.49. The summed E-state index contributed by atoms with van der Waals surface area (Å²) >= 11 is 0. The Labute approximate surface area is 120 Å². The van der Waals surface area contributed by atoms with E-state index < -0.39 is 0 Å². The number of piperidine rings is 1. The van der Waals surface area contributed by atoms with Crippen LogP contribution in [-0.2, 0) is 0 Å². The number of hydrogen-bond acceptors (Lipinski definition) is 4. The first-order valence-electron chi connectivity index (χ1n) is 7.19. The molecule has 2 atom stereocenters. The number of carbonyl (C=O) groups excluding carboxylic acids is 1. The van der Waals surface area contributed by atoms with Gasteiger partial charge in [-0.2, -0.15) is 0 Å². The van der Waals surface area contributed by atoms with Crippen molar-refractivity contribution in [2.24, 2.45) is 11.7 Å². The molecule has 1 aliphatic rings. The molecule has 0 aromatic carbocycles. The highest BCUT2D eigenvalue weighted by Gasteiger charge is 2.31. The maximum Gasteiger partial charge on any atom is 0.255 e. The van der Waals surface area contributed by atoms with Gasteiger partial charge < -0.3 is 15.5 Å². The number of rotatable bonds is 3. The van der Waals surface area contributed by atoms with Gasteiger partial charge in [0.1, 0.15) is 5.82 Å². The minimum absolute atomic E-state index is 0.0461. The Kier molecular flexibility index (Phi) is 4.60. The summed E-state index contributed by atoms with van der Waals surface area (Å²) in [5, 5.41) is 0. The number of nitrogens with zero attached hydrogens (tertiary/aromatic N) is 3. The van der Waals surface area contributed by atoms with Gasteiger partial charge in [-0.05, 0) is 30.9 Å². The summed E-state index contributed by atoms with van der Waals surface area (Å²) < 4.78 is 0. The molecule has 0 spiro atoms. The Balaban J connectivity index is 2.17. The van der Waals surface area contributed by atoms with E-state index in [4.69, 9.17) is 5.73 Å². The van der Waals surface area contributed by atoms with Crippen LogP contribution in [0.2, 0.25) is 0 Å². The monoisotopic (exact) mass is 276 g/mol. The zero-order valence-corrected chi connectivity index (χ0v) is 12.5. The third-order valence-corrected chi connectivity index (χ3v) is 4.07. The van der Waals surface area contributed by atoms with Crippen molar-refractivity contribution in [1.82, 2.24) is 9.88 Å². The topological polar surface area (TPSA) is 62.5 Å². The van der Waals surface area contributed by atoms with Crippen LogP contribution in [0.4, 0.5) is 5.82 Å². The molecule has 1 aliphatic heterocycles. The first-order valence-corrected chi connectivity index (χ1v) is 7.19. The second-order valence-corrected chi connectivity index (χ2v) is 5.72. The van der Waals surface area contributed by atoms with E-state index in [-0.39, 0.29) is 11.9 Å². The van der Waals surface area contributed by atoms with E-state index in [0.29, 0.717) is 18.0 Å². The fraction of sp³-hybridized carbons (Fsp3) is 0.600. The highest BCUT2D eigenvalue weighted by Crippen LogP contribution is 2.24. The van der Waals surface area contributed by atoms with Crippen molar-refractivity contribution in [2.75, 3.05) is 32.1 Å². The van der Waals surface area contributed by atoms with E-state index in [9.17, 15) is 4.79 Å². The van der Waals surface area contributed by atoms with E-state index in [1.165, 1.54) is 0 Å². The lowest BCUT2D eigenvalue weighted by molar-refractivity contribution is 0.0532. The van der Waals surface area contributed by atoms with Crippen molar-refractivity contribution in [3.63, 3.8) is 0 Å². The Morgan fingerprint density at radius 3 is 2.80 bits per heavy atom. The SMILES string of the molecule is CC1CCCN(C(=O)c2ccc(N(C)C)nc2)C1CN. The van der Waals surface area contributed by atoms with Crippen molar-refractivity contribution in [1.29, 1.82) is 0 Å². The number of likely N-dealkylation sites (tertiary alicyclic amines) is 1. The zero-order valence-electron chi connectivity index (χ0n) is 12.5. The average Bonchev–Trinajstić information content (AvgIpc) is 2.46. The molecule has 2 unspecified atom stereocenters. The fourth-order valence-electron chi connectivity index (χ4n) is 2.80. The minimum atomic E-state index is 0.0461. The molecule has 2 rings (SSSR count). The summed E-state index contributed by atoms with van der Waals surface area (Å²) in [5.74, 6) is 1.36. The Morgan fingerprint density at radius 1 is 1.50 bits per heavy atom. The molecule has 5 nitrogen and oxygen atoms in total. The number of pyridine rings is 1. The molecule has 1 fully saturated rings. The summed E-state index contributed by atoms with van der Waals surface area (Å²) in [4.78, 5) is 20.8. The third-order valence-electron chi connectivity index (χ3n) is 4.07. The van der Waals surface area contributed by atoms with Crippen LogP contribution >= 0.6 is 0 Å². The normalized spacial score (nSPS) is 22.7. The predicted molar refractivity (Wildman–Crippen MR) is 80.8 cm³/mol. The molecule has 2 heterocycles. The van der Waals surface area contributed by atoms with Crippen molar-refractivity contribution in [3.05, 3.63) is 23.9 Å². The van der Waals surface area contributed by atoms with Gasteiger partial charge in [-0.1, -0.05) is 6.92 Å². The molecule has 20 heavy (non-hydrogen) atoms. The molecule has 1 aromatic rings. The van der Waals surface area contributed by atoms with E-state index in [1.54, 1.807) is 6.20 Å². The fourth-order valence-corrected chi connectivity index (χ4v) is 2.80. The zero-order chi connectivity index (χ0) is 14.7. The van der Waals surface area contributed by atoms with Crippen LogP contribution in [0.5, 0.6) is 0 Å². The molecule has 0 bridgehead atoms. The van der Waals surface area contributed by atoms with E-state index in [1.807, 2.05) is 36.0 Å². The molecule has 2 N–H and O–H groups in total. The Hall–Kier alpha value is -1.62. The lowest BCUT2D eigenvalue weighted by Crippen LogP contribution is -2.51. The lowest BCUT2D eigenvalue weighted by atomic mass is 9.90. The largest absolute Gasteiger partial charge is 0.363 e. The van der Waals surface area contributed by atoms with Gasteiger partial charge in [0, 0.05) is 39.4 Å². The third kappa shape index (κ3) is 2.93. The van der Waals surface area contributed by atoms with Gasteiger partial charge in [0.2, 0.25) is 0 Å². The van der Waals surface area contributed by atoms with E-state index in [0.717, 1.165) is 25.2 Å². The number of amides is 1. The summed E-state index contributed by atoms with van der Waals surface area (Å²) in [7, 11) is 3.86. The van der Waals surface area contributed by atoms with Gasteiger partial charge in [-0.3, -0.25) is 4.79 Å². The van der Waals surface area contributed by atoms with Crippen LogP contribution in [-0.4, -0.2) is 49.0 Å². The molecule has 1 aromatic heterocycles. The van der Waals surface area contributed by atoms with Crippen molar-refractivity contribution >= 4 is 11.7 Å². The van der Waals surface area contributed by atoms with Crippen molar-refractivity contribution < 1.29 is 4.79 Å². The molecule has 1 amide bonds. The van der Waals surface area contributed by atoms with Crippen LogP contribution in [0.3, 0.4) is 0 Å². The first kappa shape index (κ1) is 14.8. The Bertz CT molecular complexity index is 457. The lowest BCUT2D eigenvalue weighted by Gasteiger charge is -2.39. The van der Waals surface area contributed by atoms with Gasteiger partial charge in [-0.15, -0.1) is 0 Å². The second-order valence-electron chi connectivity index (χ2n) is 5.72. The van der Waals surface area contributed by atoms with Crippen molar-refractivity contribution in [3.8, 4) is 0 Å². The summed E-state index contributed by atoms with van der Waals surface area (Å²) in [5.41, 5.74) is 6.49. The number of carbonyl (C=O) groups is 1. The predicted octanol–water partition coefficient (Wildman–Crippen LogP) is 1.35. The average molecular weight is 276 g/mol. The highest BCUT2D eigenvalue weighted by atomic mass is 16.2. The van der Waals surface area contributed by atoms with Crippen LogP contribution in [0, 0.1) is 5.92 Å². The second kappa shape index (κ2) is 6.22. The highest BCUT2D eigenvalue weighted by molar-refractivity contribution is 5.94. The summed E-state index contributed by atoms with van der Waals surface area (Å²) in [6, 6.07) is 3.86. The molecular weight excluding hydrogens is 252 g/mol. The van der Waals surface area contributed by atoms with Gasteiger partial charge in [0.05, 0.1) is 5.56 Å². The number of anilines is 1.